The molecular weight excluding hydrogens is 703 g/mol. The summed E-state index contributed by atoms with van der Waals surface area (Å²) < 4.78 is 10.8. The maximum atomic E-state index is 13.6. The van der Waals surface area contributed by atoms with Crippen LogP contribution in [0.4, 0.5) is 10.8 Å². The maximum absolute atomic E-state index is 13.6. The predicted molar refractivity (Wildman–Crippen MR) is 198 cm³/mol. The minimum Gasteiger partial charge on any atom is -0.497 e. The lowest BCUT2D eigenvalue weighted by molar-refractivity contribution is -0.115. The van der Waals surface area contributed by atoms with E-state index in [2.05, 4.69) is 20.9 Å². The molecule has 1 heterocycles. The highest BCUT2D eigenvalue weighted by atomic mass is 35.5. The number of carbonyl (C=O) groups is 3. The number of thiazole rings is 1. The smallest absolute Gasteiger partial charge is 0.272 e. The van der Waals surface area contributed by atoms with Crippen LogP contribution >= 0.6 is 46.3 Å². The van der Waals surface area contributed by atoms with Crippen LogP contribution in [0.3, 0.4) is 0 Å². The molecule has 0 fully saturated rings. The number of halogens is 2. The van der Waals surface area contributed by atoms with E-state index in [4.69, 9.17) is 32.7 Å². The first-order valence-electron chi connectivity index (χ1n) is 14.7. The highest BCUT2D eigenvalue weighted by Crippen LogP contribution is 2.33. The van der Waals surface area contributed by atoms with Gasteiger partial charge in [-0.05, 0) is 73.7 Å². The Labute approximate surface area is 301 Å². The number of hydrogen-bond acceptors (Lipinski definition) is 8. The van der Waals surface area contributed by atoms with Gasteiger partial charge in [0.1, 0.15) is 17.2 Å². The molecule has 13 heteroatoms. The second kappa shape index (κ2) is 16.5. The van der Waals surface area contributed by atoms with Gasteiger partial charge < -0.3 is 25.4 Å². The van der Waals surface area contributed by atoms with Crippen molar-refractivity contribution in [2.75, 3.05) is 24.9 Å². The molecule has 3 amide bonds. The van der Waals surface area contributed by atoms with Crippen LogP contribution in [0, 0.1) is 0 Å². The third kappa shape index (κ3) is 9.42. The Hall–Kier alpha value is -4.81. The van der Waals surface area contributed by atoms with Crippen LogP contribution in [0.15, 0.2) is 107 Å². The number of nitrogens with zero attached hydrogens (tertiary/aromatic N) is 1. The molecule has 4 aromatic carbocycles. The van der Waals surface area contributed by atoms with Gasteiger partial charge in [0.15, 0.2) is 5.13 Å². The molecular formula is C36H30Cl2N4O5S2. The fourth-order valence-electron chi connectivity index (χ4n) is 4.50. The lowest BCUT2D eigenvalue weighted by atomic mass is 10.1. The van der Waals surface area contributed by atoms with E-state index in [9.17, 15) is 14.4 Å². The Bertz CT molecular complexity index is 2020. The fourth-order valence-corrected chi connectivity index (χ4v) is 6.64. The summed E-state index contributed by atoms with van der Waals surface area (Å²) in [5, 5.41) is 11.2. The molecule has 0 saturated carbocycles. The zero-order valence-electron chi connectivity index (χ0n) is 26.5. The number of hydrogen-bond donors (Lipinski definition) is 3. The number of rotatable bonds is 12. The van der Waals surface area contributed by atoms with E-state index < -0.39 is 17.1 Å². The lowest BCUT2D eigenvalue weighted by Gasteiger charge is -2.14. The summed E-state index contributed by atoms with van der Waals surface area (Å²) in [6.45, 7) is 1.78. The Morgan fingerprint density at radius 3 is 2.43 bits per heavy atom. The largest absolute Gasteiger partial charge is 0.497 e. The van der Waals surface area contributed by atoms with Gasteiger partial charge in [-0.1, -0.05) is 47.5 Å². The van der Waals surface area contributed by atoms with Crippen LogP contribution in [-0.2, 0) is 9.59 Å². The van der Waals surface area contributed by atoms with Crippen molar-refractivity contribution in [2.45, 2.75) is 17.1 Å². The lowest BCUT2D eigenvalue weighted by Crippen LogP contribution is -2.30. The zero-order valence-corrected chi connectivity index (χ0v) is 29.6. The van der Waals surface area contributed by atoms with Crippen LogP contribution in [-0.4, -0.2) is 42.2 Å². The molecule has 1 aromatic heterocycles. The van der Waals surface area contributed by atoms with Gasteiger partial charge in [-0.3, -0.25) is 14.4 Å². The summed E-state index contributed by atoms with van der Waals surface area (Å²) in [6.07, 6.45) is 1.53. The third-order valence-corrected chi connectivity index (χ3v) is 9.38. The minimum absolute atomic E-state index is 0.00849. The van der Waals surface area contributed by atoms with Gasteiger partial charge in [0.2, 0.25) is 5.91 Å². The summed E-state index contributed by atoms with van der Waals surface area (Å²) >= 11 is 14.9. The second-order valence-electron chi connectivity index (χ2n) is 10.4. The van der Waals surface area contributed by atoms with Gasteiger partial charge >= 0.3 is 0 Å². The number of aromatic nitrogens is 1. The maximum Gasteiger partial charge on any atom is 0.272 e. The zero-order chi connectivity index (χ0) is 34.9. The number of anilines is 2. The van der Waals surface area contributed by atoms with Crippen molar-refractivity contribution in [3.8, 4) is 22.8 Å². The van der Waals surface area contributed by atoms with E-state index in [1.165, 1.54) is 36.3 Å². The van der Waals surface area contributed by atoms with Gasteiger partial charge in [-0.25, -0.2) is 4.98 Å². The van der Waals surface area contributed by atoms with Gasteiger partial charge in [-0.2, -0.15) is 0 Å². The highest BCUT2D eigenvalue weighted by Gasteiger charge is 2.19. The molecule has 3 N–H and O–H groups in total. The molecule has 0 bridgehead atoms. The Kier molecular flexibility index (Phi) is 12.0. The number of nitrogens with one attached hydrogen (secondary N) is 3. The average Bonchev–Trinajstić information content (AvgIpc) is 3.56. The van der Waals surface area contributed by atoms with Crippen LogP contribution in [0.1, 0.15) is 22.8 Å². The number of methoxy groups -OCH3 is 2. The summed E-state index contributed by atoms with van der Waals surface area (Å²) in [6, 6.07) is 25.9. The van der Waals surface area contributed by atoms with Gasteiger partial charge in [0.25, 0.3) is 11.8 Å². The monoisotopic (exact) mass is 732 g/mol. The molecule has 0 saturated heterocycles. The minimum atomic E-state index is -0.560. The van der Waals surface area contributed by atoms with Crippen molar-refractivity contribution in [2.24, 2.45) is 0 Å². The van der Waals surface area contributed by atoms with E-state index >= 15 is 0 Å². The van der Waals surface area contributed by atoms with Crippen molar-refractivity contribution >= 4 is 80.9 Å². The van der Waals surface area contributed by atoms with Crippen LogP contribution in [0.25, 0.3) is 17.3 Å². The van der Waals surface area contributed by atoms with E-state index in [1.54, 1.807) is 99.0 Å². The van der Waals surface area contributed by atoms with Crippen LogP contribution < -0.4 is 25.4 Å². The second-order valence-corrected chi connectivity index (χ2v) is 13.5. The first-order valence-corrected chi connectivity index (χ1v) is 17.2. The molecule has 250 valence electrons. The summed E-state index contributed by atoms with van der Waals surface area (Å²) in [4.78, 5) is 45.0. The van der Waals surface area contributed by atoms with Crippen LogP contribution in [0.5, 0.6) is 11.5 Å². The summed E-state index contributed by atoms with van der Waals surface area (Å²) in [5.41, 5.74) is 2.74. The van der Waals surface area contributed by atoms with E-state index in [0.717, 1.165) is 4.90 Å². The van der Waals surface area contributed by atoms with Crippen molar-refractivity contribution in [3.05, 3.63) is 123 Å². The fraction of sp³-hybridized carbons (Fsp3) is 0.111. The average molecular weight is 734 g/mol. The molecule has 5 aromatic rings. The third-order valence-electron chi connectivity index (χ3n) is 6.98. The number of carbonyl (C=O) groups excluding carboxylic acids is 3. The first kappa shape index (κ1) is 35.5. The molecule has 49 heavy (non-hydrogen) atoms. The SMILES string of the molecule is COc1ccc(/C=C(/NC(=O)c2ccccc2)C(=O)Nc2cccc(SC(C)C(=O)Nc3nc(-c4ccc(Cl)cc4Cl)cs3)c2)c(OC)c1. The van der Waals surface area contributed by atoms with Crippen molar-refractivity contribution in [1.82, 2.24) is 10.3 Å². The summed E-state index contributed by atoms with van der Waals surface area (Å²) in [5.74, 6) is -0.237. The topological polar surface area (TPSA) is 119 Å². The van der Waals surface area contributed by atoms with Gasteiger partial charge in [0.05, 0.1) is 30.2 Å². The van der Waals surface area contributed by atoms with E-state index in [-0.39, 0.29) is 11.6 Å². The van der Waals surface area contributed by atoms with E-state index in [0.29, 0.717) is 54.7 Å². The molecule has 0 aliphatic carbocycles. The standard InChI is InChI=1S/C36H30Cl2N4O5S2/c1-21(33(43)42-36-41-31(20-48-36)28-15-13-24(37)17-29(28)38)49-27-11-7-10-25(18-27)39-35(45)30(40-34(44)22-8-5-4-6-9-22)16-23-12-14-26(46-2)19-32(23)47-3/h4-21H,1-3H3,(H,39,45)(H,40,44)(H,41,42,43)/b30-16+. The molecule has 0 aliphatic rings. The number of ether oxygens (including phenoxy) is 2. The van der Waals surface area contributed by atoms with Crippen molar-refractivity contribution < 1.29 is 23.9 Å². The Morgan fingerprint density at radius 2 is 1.69 bits per heavy atom. The van der Waals surface area contributed by atoms with Gasteiger partial charge in [-0.15, -0.1) is 23.1 Å². The molecule has 1 atom stereocenters. The van der Waals surface area contributed by atoms with Crippen molar-refractivity contribution in [1.29, 1.82) is 0 Å². The molecule has 0 radical (unpaired) electrons. The normalized spacial score (nSPS) is 11.7. The molecule has 0 spiro atoms. The molecule has 5 rings (SSSR count). The first-order chi connectivity index (χ1) is 23.6. The number of benzene rings is 4. The molecule has 0 aliphatic heterocycles. The summed E-state index contributed by atoms with van der Waals surface area (Å²) in [7, 11) is 3.05. The van der Waals surface area contributed by atoms with Gasteiger partial charge in [0, 0.05) is 43.7 Å². The highest BCUT2D eigenvalue weighted by molar-refractivity contribution is 8.00. The quantitative estimate of drug-likeness (QED) is 0.0868. The Morgan fingerprint density at radius 1 is 0.898 bits per heavy atom. The van der Waals surface area contributed by atoms with Crippen molar-refractivity contribution in [3.63, 3.8) is 0 Å². The molecule has 9 nitrogen and oxygen atoms in total. The molecule has 1 unspecified atom stereocenters. The number of thioether (sulfide) groups is 1. The Balaban J connectivity index is 1.29. The number of amides is 3. The van der Waals surface area contributed by atoms with E-state index in [1.807, 2.05) is 11.4 Å². The van der Waals surface area contributed by atoms with Crippen LogP contribution in [0.2, 0.25) is 10.0 Å². The predicted octanol–water partition coefficient (Wildman–Crippen LogP) is 8.66.